The fourth-order valence-corrected chi connectivity index (χ4v) is 3.35. The van der Waals surface area contributed by atoms with Gasteiger partial charge >= 0.3 is 0 Å². The van der Waals surface area contributed by atoms with Gasteiger partial charge in [-0.2, -0.15) is 0 Å². The Labute approximate surface area is 153 Å². The van der Waals surface area contributed by atoms with Gasteiger partial charge in [0.25, 0.3) is 0 Å². The van der Waals surface area contributed by atoms with Gasteiger partial charge in [-0.25, -0.2) is 0 Å². The lowest BCUT2D eigenvalue weighted by molar-refractivity contribution is 0.929. The summed E-state index contributed by atoms with van der Waals surface area (Å²) >= 11 is 0. The molecule has 0 bridgehead atoms. The Morgan fingerprint density at radius 3 is 2.38 bits per heavy atom. The van der Waals surface area contributed by atoms with Crippen LogP contribution in [0.5, 0.6) is 0 Å². The van der Waals surface area contributed by atoms with Crippen molar-refractivity contribution in [1.29, 1.82) is 0 Å². The lowest BCUT2D eigenvalue weighted by atomic mass is 9.93. The van der Waals surface area contributed by atoms with Crippen LogP contribution in [0.2, 0.25) is 0 Å². The lowest BCUT2D eigenvalue weighted by Gasteiger charge is -2.23. The maximum Gasteiger partial charge on any atom is 0.0770 e. The van der Waals surface area contributed by atoms with E-state index in [1.165, 1.54) is 16.7 Å². The van der Waals surface area contributed by atoms with Gasteiger partial charge < -0.3 is 11.1 Å². The Morgan fingerprint density at radius 2 is 1.62 bits per heavy atom. The van der Waals surface area contributed by atoms with E-state index >= 15 is 0 Å². The molecule has 1 unspecified atom stereocenters. The Morgan fingerprint density at radius 1 is 0.846 bits per heavy atom. The predicted molar refractivity (Wildman–Crippen MR) is 109 cm³/mol. The Bertz CT molecular complexity index is 1020. The van der Waals surface area contributed by atoms with Crippen LogP contribution in [-0.4, -0.2) is 4.98 Å². The zero-order valence-electron chi connectivity index (χ0n) is 14.7. The van der Waals surface area contributed by atoms with Crippen molar-refractivity contribution < 1.29 is 0 Å². The molecule has 0 radical (unpaired) electrons. The summed E-state index contributed by atoms with van der Waals surface area (Å²) in [6.07, 6.45) is 1.85. The first-order valence-corrected chi connectivity index (χ1v) is 8.73. The molecule has 0 spiro atoms. The summed E-state index contributed by atoms with van der Waals surface area (Å²) < 4.78 is 0. The third kappa shape index (κ3) is 3.11. The predicted octanol–water partition coefficient (Wildman–Crippen LogP) is 5.33. The molecule has 0 aliphatic carbocycles. The van der Waals surface area contributed by atoms with Crippen LogP contribution in [0.4, 0.5) is 11.4 Å². The van der Waals surface area contributed by atoms with Gasteiger partial charge in [-0.05, 0) is 53.9 Å². The number of nitrogen functional groups attached to an aromatic ring is 1. The van der Waals surface area contributed by atoms with Gasteiger partial charge in [-0.1, -0.05) is 48.5 Å². The number of aryl methyl sites for hydroxylation is 1. The van der Waals surface area contributed by atoms with Gasteiger partial charge in [-0.3, -0.25) is 4.98 Å². The summed E-state index contributed by atoms with van der Waals surface area (Å²) in [5, 5.41) is 4.82. The minimum atomic E-state index is 0.0335. The molecule has 0 saturated carbocycles. The largest absolute Gasteiger partial charge is 0.399 e. The zero-order chi connectivity index (χ0) is 17.9. The molecular weight excluding hydrogens is 318 g/mol. The maximum absolute atomic E-state index is 5.83. The highest BCUT2D eigenvalue weighted by Gasteiger charge is 2.17. The van der Waals surface area contributed by atoms with Crippen molar-refractivity contribution in [3.63, 3.8) is 0 Å². The summed E-state index contributed by atoms with van der Waals surface area (Å²) in [7, 11) is 0. The van der Waals surface area contributed by atoms with Gasteiger partial charge in [0.2, 0.25) is 0 Å². The number of hydrogen-bond donors (Lipinski definition) is 2. The monoisotopic (exact) mass is 339 g/mol. The molecule has 1 atom stereocenters. The normalized spacial score (nSPS) is 12.0. The van der Waals surface area contributed by atoms with Crippen molar-refractivity contribution in [3.05, 3.63) is 102 Å². The number of fused-ring (bicyclic) bond motifs is 1. The van der Waals surface area contributed by atoms with E-state index in [4.69, 9.17) is 5.73 Å². The first-order valence-electron chi connectivity index (χ1n) is 8.73. The van der Waals surface area contributed by atoms with Gasteiger partial charge in [0.15, 0.2) is 0 Å². The molecule has 1 aromatic heterocycles. The lowest BCUT2D eigenvalue weighted by Crippen LogP contribution is -2.14. The molecule has 1 heterocycles. The van der Waals surface area contributed by atoms with E-state index in [0.29, 0.717) is 0 Å². The molecule has 3 N–H and O–H groups in total. The quantitative estimate of drug-likeness (QED) is 0.494. The summed E-state index contributed by atoms with van der Waals surface area (Å²) in [6, 6.07) is 26.8. The van der Waals surface area contributed by atoms with E-state index in [1.807, 2.05) is 42.6 Å². The van der Waals surface area contributed by atoms with Crippen LogP contribution < -0.4 is 11.1 Å². The van der Waals surface area contributed by atoms with Crippen molar-refractivity contribution in [3.8, 4) is 0 Å². The van der Waals surface area contributed by atoms with Crippen LogP contribution >= 0.6 is 0 Å². The number of benzene rings is 3. The number of pyridine rings is 1. The van der Waals surface area contributed by atoms with Gasteiger partial charge in [0, 0.05) is 23.0 Å². The highest BCUT2D eigenvalue weighted by atomic mass is 14.9. The van der Waals surface area contributed by atoms with Crippen LogP contribution in [0.1, 0.15) is 22.7 Å². The molecule has 128 valence electrons. The first kappa shape index (κ1) is 16.2. The number of anilines is 2. The third-order valence-corrected chi connectivity index (χ3v) is 4.74. The third-order valence-electron chi connectivity index (χ3n) is 4.74. The Kier molecular flexibility index (Phi) is 4.28. The summed E-state index contributed by atoms with van der Waals surface area (Å²) in [5.41, 5.74) is 12.3. The highest BCUT2D eigenvalue weighted by molar-refractivity contribution is 5.83. The average Bonchev–Trinajstić information content (AvgIpc) is 2.69. The Balaban J connectivity index is 1.83. The number of aromatic nitrogens is 1. The molecule has 0 fully saturated rings. The van der Waals surface area contributed by atoms with Crippen LogP contribution in [0, 0.1) is 6.92 Å². The SMILES string of the molecule is Cc1c(C(Nc2ccc(N)cc2)c2ccccc2)ccc2cccnc12. The van der Waals surface area contributed by atoms with E-state index in [2.05, 4.69) is 59.7 Å². The molecule has 3 aromatic carbocycles. The molecular formula is C23H21N3. The molecule has 3 nitrogen and oxygen atoms in total. The Hall–Kier alpha value is -3.33. The van der Waals surface area contributed by atoms with E-state index in [9.17, 15) is 0 Å². The van der Waals surface area contributed by atoms with Crippen LogP contribution in [-0.2, 0) is 0 Å². The van der Waals surface area contributed by atoms with Crippen molar-refractivity contribution in [2.45, 2.75) is 13.0 Å². The number of rotatable bonds is 4. The topological polar surface area (TPSA) is 50.9 Å². The minimum absolute atomic E-state index is 0.0335. The van der Waals surface area contributed by atoms with Crippen LogP contribution in [0.3, 0.4) is 0 Å². The second-order valence-electron chi connectivity index (χ2n) is 6.46. The fraction of sp³-hybridized carbons (Fsp3) is 0.0870. The number of nitrogens with one attached hydrogen (secondary N) is 1. The molecule has 3 heteroatoms. The van der Waals surface area contributed by atoms with Gasteiger partial charge in [0.1, 0.15) is 0 Å². The number of nitrogens with zero attached hydrogens (tertiary/aromatic N) is 1. The summed E-state index contributed by atoms with van der Waals surface area (Å²) in [5.74, 6) is 0. The zero-order valence-corrected chi connectivity index (χ0v) is 14.7. The van der Waals surface area contributed by atoms with E-state index in [-0.39, 0.29) is 6.04 Å². The molecule has 0 saturated heterocycles. The van der Waals surface area contributed by atoms with Gasteiger partial charge in [0.05, 0.1) is 11.6 Å². The standard InChI is InChI=1S/C23H21N3/c1-16-21(14-9-18-8-5-15-25-22(16)18)23(17-6-3-2-4-7-17)26-20-12-10-19(24)11-13-20/h2-15,23,26H,24H2,1H3. The number of nitrogens with two attached hydrogens (primary N) is 1. The van der Waals surface area contributed by atoms with Crippen LogP contribution in [0.15, 0.2) is 85.1 Å². The van der Waals surface area contributed by atoms with Crippen LogP contribution in [0.25, 0.3) is 10.9 Å². The van der Waals surface area contributed by atoms with Gasteiger partial charge in [-0.15, -0.1) is 0 Å². The fourth-order valence-electron chi connectivity index (χ4n) is 3.35. The minimum Gasteiger partial charge on any atom is -0.399 e. The molecule has 26 heavy (non-hydrogen) atoms. The maximum atomic E-state index is 5.83. The molecule has 0 aliphatic heterocycles. The van der Waals surface area contributed by atoms with Crippen molar-refractivity contribution in [2.75, 3.05) is 11.1 Å². The van der Waals surface area contributed by atoms with E-state index < -0.39 is 0 Å². The molecule has 0 amide bonds. The number of hydrogen-bond acceptors (Lipinski definition) is 3. The molecule has 4 aromatic rings. The van der Waals surface area contributed by atoms with E-state index in [1.54, 1.807) is 0 Å². The smallest absolute Gasteiger partial charge is 0.0770 e. The average molecular weight is 339 g/mol. The van der Waals surface area contributed by atoms with Crippen molar-refractivity contribution >= 4 is 22.3 Å². The highest BCUT2D eigenvalue weighted by Crippen LogP contribution is 2.32. The van der Waals surface area contributed by atoms with Crippen molar-refractivity contribution in [2.24, 2.45) is 0 Å². The summed E-state index contributed by atoms with van der Waals surface area (Å²) in [6.45, 7) is 2.14. The van der Waals surface area contributed by atoms with Crippen molar-refractivity contribution in [1.82, 2.24) is 4.98 Å². The molecule has 0 aliphatic rings. The first-order chi connectivity index (χ1) is 12.7. The second kappa shape index (κ2) is 6.89. The summed E-state index contributed by atoms with van der Waals surface area (Å²) in [4.78, 5) is 4.59. The second-order valence-corrected chi connectivity index (χ2v) is 6.46. The van der Waals surface area contributed by atoms with E-state index in [0.717, 1.165) is 22.3 Å². The molecule has 4 rings (SSSR count).